The van der Waals surface area contributed by atoms with Crippen LogP contribution in [0.15, 0.2) is 77.7 Å². The molecule has 1 N–H and O–H groups in total. The highest BCUT2D eigenvalue weighted by molar-refractivity contribution is 7.92. The molecule has 212 valence electrons. The van der Waals surface area contributed by atoms with E-state index < -0.39 is 28.5 Å². The summed E-state index contributed by atoms with van der Waals surface area (Å²) in [6.07, 6.45) is 3.86. The Morgan fingerprint density at radius 3 is 2.12 bits per heavy atom. The Balaban J connectivity index is 1.69. The van der Waals surface area contributed by atoms with Gasteiger partial charge in [0, 0.05) is 28.2 Å². The van der Waals surface area contributed by atoms with Crippen molar-refractivity contribution in [2.24, 2.45) is 0 Å². The number of hydrogen-bond acceptors (Lipinski definition) is 4. The molecule has 0 heterocycles. The fourth-order valence-corrected chi connectivity index (χ4v) is 6.72. The third-order valence-corrected chi connectivity index (χ3v) is 9.69. The minimum Gasteiger partial charge on any atom is -0.352 e. The van der Waals surface area contributed by atoms with Gasteiger partial charge in [0.25, 0.3) is 10.0 Å². The van der Waals surface area contributed by atoms with Crippen LogP contribution < -0.4 is 9.62 Å². The van der Waals surface area contributed by atoms with Crippen LogP contribution in [-0.2, 0) is 26.2 Å². The highest BCUT2D eigenvalue weighted by Crippen LogP contribution is 2.28. The maximum absolute atomic E-state index is 14.0. The summed E-state index contributed by atoms with van der Waals surface area (Å²) in [6.45, 7) is 2.91. The molecule has 0 aliphatic heterocycles. The molecule has 0 saturated heterocycles. The summed E-state index contributed by atoms with van der Waals surface area (Å²) in [5.41, 5.74) is 1.72. The number of nitrogens with one attached hydrogen (secondary N) is 1. The number of benzene rings is 3. The van der Waals surface area contributed by atoms with Gasteiger partial charge in [-0.3, -0.25) is 13.9 Å². The molecule has 3 aromatic rings. The lowest BCUT2D eigenvalue weighted by Crippen LogP contribution is -2.52. The first kappa shape index (κ1) is 29.9. The Hall–Kier alpha value is -3.07. The Morgan fingerprint density at radius 1 is 0.925 bits per heavy atom. The Morgan fingerprint density at radius 2 is 1.52 bits per heavy atom. The van der Waals surface area contributed by atoms with E-state index >= 15 is 0 Å². The monoisotopic (exact) mass is 601 g/mol. The highest BCUT2D eigenvalue weighted by atomic mass is 35.5. The van der Waals surface area contributed by atoms with Crippen LogP contribution in [0.2, 0.25) is 10.0 Å². The van der Waals surface area contributed by atoms with Gasteiger partial charge in [-0.2, -0.15) is 0 Å². The molecule has 4 rings (SSSR count). The second-order valence-electron chi connectivity index (χ2n) is 10.0. The van der Waals surface area contributed by atoms with Crippen molar-refractivity contribution in [1.29, 1.82) is 0 Å². The van der Waals surface area contributed by atoms with E-state index in [2.05, 4.69) is 5.32 Å². The van der Waals surface area contributed by atoms with Gasteiger partial charge in [0.1, 0.15) is 12.6 Å². The molecule has 0 spiro atoms. The van der Waals surface area contributed by atoms with Crippen molar-refractivity contribution in [1.82, 2.24) is 10.2 Å². The number of rotatable bonds is 10. The van der Waals surface area contributed by atoms with E-state index in [1.165, 1.54) is 17.0 Å². The van der Waals surface area contributed by atoms with E-state index in [4.69, 9.17) is 23.2 Å². The van der Waals surface area contributed by atoms with Crippen LogP contribution in [-0.4, -0.2) is 43.8 Å². The molecule has 0 bridgehead atoms. The molecule has 0 aromatic heterocycles. The first-order chi connectivity index (χ1) is 19.1. The zero-order valence-corrected chi connectivity index (χ0v) is 24.8. The summed E-state index contributed by atoms with van der Waals surface area (Å²) >= 11 is 12.9. The molecule has 2 amide bonds. The predicted octanol–water partition coefficient (Wildman–Crippen LogP) is 5.97. The van der Waals surface area contributed by atoms with Crippen LogP contribution in [0, 0.1) is 6.92 Å². The molecular formula is C30H33Cl2N3O4S. The fraction of sp³-hybridized carbons (Fsp3) is 0.333. The summed E-state index contributed by atoms with van der Waals surface area (Å²) in [7, 11) is -4.12. The van der Waals surface area contributed by atoms with Crippen molar-refractivity contribution in [2.75, 3.05) is 10.8 Å². The van der Waals surface area contributed by atoms with Crippen LogP contribution in [0.4, 0.5) is 5.69 Å². The lowest BCUT2D eigenvalue weighted by Gasteiger charge is -2.33. The number of aryl methyl sites for hydroxylation is 1. The average molecular weight is 603 g/mol. The van der Waals surface area contributed by atoms with Crippen molar-refractivity contribution < 1.29 is 18.0 Å². The molecule has 1 atom stereocenters. The number of para-hydroxylation sites is 1. The standard InChI is InChI=1S/C30H33Cl2N3O4S/c1-21-15-17-25(18-16-21)40(38,39)35(24-11-4-3-5-12-24)20-29(36)34(19-26-27(31)13-8-14-28(26)32)22(2)30(37)33-23-9-6-7-10-23/h3-5,8,11-18,22-23H,6-7,9-10,19-20H2,1-2H3,(H,33,37)/t22-/m1/s1. The van der Waals surface area contributed by atoms with E-state index in [1.807, 2.05) is 6.92 Å². The molecule has 1 aliphatic rings. The van der Waals surface area contributed by atoms with Crippen LogP contribution in [0.5, 0.6) is 0 Å². The van der Waals surface area contributed by atoms with Gasteiger partial charge in [0.05, 0.1) is 10.6 Å². The molecule has 3 aromatic carbocycles. The molecule has 1 fully saturated rings. The summed E-state index contributed by atoms with van der Waals surface area (Å²) < 4.78 is 28.7. The van der Waals surface area contributed by atoms with Crippen molar-refractivity contribution in [3.63, 3.8) is 0 Å². The number of nitrogens with zero attached hydrogens (tertiary/aromatic N) is 2. The van der Waals surface area contributed by atoms with Gasteiger partial charge in [0.2, 0.25) is 11.8 Å². The zero-order valence-electron chi connectivity index (χ0n) is 22.5. The molecule has 40 heavy (non-hydrogen) atoms. The summed E-state index contributed by atoms with van der Waals surface area (Å²) in [4.78, 5) is 28.7. The van der Waals surface area contributed by atoms with Gasteiger partial charge in [0.15, 0.2) is 0 Å². The van der Waals surface area contributed by atoms with Gasteiger partial charge >= 0.3 is 0 Å². The summed E-state index contributed by atoms with van der Waals surface area (Å²) in [5, 5.41) is 3.74. The molecule has 7 nitrogen and oxygen atoms in total. The van der Waals surface area contributed by atoms with Gasteiger partial charge in [-0.05, 0) is 63.1 Å². The van der Waals surface area contributed by atoms with Crippen molar-refractivity contribution in [2.45, 2.75) is 63.1 Å². The van der Waals surface area contributed by atoms with Gasteiger partial charge in [-0.15, -0.1) is 0 Å². The molecule has 0 radical (unpaired) electrons. The quantitative estimate of drug-likeness (QED) is 0.310. The van der Waals surface area contributed by atoms with Crippen LogP contribution in [0.25, 0.3) is 0 Å². The summed E-state index contributed by atoms with van der Waals surface area (Å²) in [5.74, 6) is -0.874. The maximum atomic E-state index is 14.0. The Kier molecular flexibility index (Phi) is 9.77. The van der Waals surface area contributed by atoms with Gasteiger partial charge in [-0.1, -0.05) is 78.0 Å². The van der Waals surface area contributed by atoms with E-state index in [0.29, 0.717) is 21.3 Å². The van der Waals surface area contributed by atoms with Crippen molar-refractivity contribution in [3.05, 3.63) is 94.0 Å². The molecular weight excluding hydrogens is 569 g/mol. The molecule has 10 heteroatoms. The second-order valence-corrected chi connectivity index (χ2v) is 12.7. The van der Waals surface area contributed by atoms with Gasteiger partial charge in [-0.25, -0.2) is 8.42 Å². The first-order valence-electron chi connectivity index (χ1n) is 13.2. The van der Waals surface area contributed by atoms with Crippen molar-refractivity contribution in [3.8, 4) is 0 Å². The van der Waals surface area contributed by atoms with E-state index in [-0.39, 0.29) is 23.4 Å². The number of sulfonamides is 1. The Bertz CT molecular complexity index is 1420. The largest absolute Gasteiger partial charge is 0.352 e. The van der Waals surface area contributed by atoms with E-state index in [0.717, 1.165) is 35.6 Å². The minimum atomic E-state index is -4.12. The van der Waals surface area contributed by atoms with E-state index in [1.54, 1.807) is 67.6 Å². The number of amides is 2. The fourth-order valence-electron chi connectivity index (χ4n) is 4.79. The summed E-state index contributed by atoms with van der Waals surface area (Å²) in [6, 6.07) is 19.1. The predicted molar refractivity (Wildman–Crippen MR) is 159 cm³/mol. The lowest BCUT2D eigenvalue weighted by atomic mass is 10.1. The number of halogens is 2. The smallest absolute Gasteiger partial charge is 0.264 e. The average Bonchev–Trinajstić information content (AvgIpc) is 3.45. The third kappa shape index (κ3) is 6.97. The molecule has 1 aliphatic carbocycles. The highest BCUT2D eigenvalue weighted by Gasteiger charge is 2.33. The maximum Gasteiger partial charge on any atom is 0.264 e. The second kappa shape index (κ2) is 13.1. The number of hydrogen-bond donors (Lipinski definition) is 1. The van der Waals surface area contributed by atoms with Gasteiger partial charge < -0.3 is 10.2 Å². The number of carbonyl (C=O) groups excluding carboxylic acids is 2. The van der Waals surface area contributed by atoms with E-state index in [9.17, 15) is 18.0 Å². The van der Waals surface area contributed by atoms with Crippen LogP contribution in [0.3, 0.4) is 0 Å². The minimum absolute atomic E-state index is 0.0542. The van der Waals surface area contributed by atoms with Crippen LogP contribution in [0.1, 0.15) is 43.7 Å². The number of carbonyl (C=O) groups is 2. The lowest BCUT2D eigenvalue weighted by molar-refractivity contribution is -0.139. The first-order valence-corrected chi connectivity index (χ1v) is 15.4. The van der Waals surface area contributed by atoms with Crippen molar-refractivity contribution >= 4 is 50.7 Å². The normalized spacial score (nSPS) is 14.5. The third-order valence-electron chi connectivity index (χ3n) is 7.19. The van der Waals surface area contributed by atoms with Crippen LogP contribution >= 0.6 is 23.2 Å². The number of anilines is 1. The Labute approximate surface area is 246 Å². The topological polar surface area (TPSA) is 86.8 Å². The zero-order chi connectivity index (χ0) is 28.9. The molecule has 1 saturated carbocycles. The molecule has 0 unspecified atom stereocenters. The SMILES string of the molecule is Cc1ccc(S(=O)(=O)N(CC(=O)N(Cc2c(Cl)cccc2Cl)[C@H](C)C(=O)NC2CCCC2)c2ccccc2)cc1.